The van der Waals surface area contributed by atoms with Crippen LogP contribution in [0.5, 0.6) is 0 Å². The largest absolute Gasteiger partial charge is 0.481 e. The number of carboxylic acid groups (broad SMARTS) is 1. The molecule has 2 fully saturated rings. The van der Waals surface area contributed by atoms with Gasteiger partial charge in [0.1, 0.15) is 0 Å². The molecule has 4 nitrogen and oxygen atoms in total. The summed E-state index contributed by atoms with van der Waals surface area (Å²) in [5, 5.41) is 9.09. The smallest absolute Gasteiger partial charge is 0.306 e. The lowest BCUT2D eigenvalue weighted by Gasteiger charge is -2.29. The van der Waals surface area contributed by atoms with Crippen LogP contribution in [-0.2, 0) is 15.0 Å². The normalized spacial score (nSPS) is 28.5. The van der Waals surface area contributed by atoms with Crippen molar-refractivity contribution in [3.05, 3.63) is 29.8 Å². The lowest BCUT2D eigenvalue weighted by atomic mass is 9.81. The molecule has 4 heteroatoms. The second kappa shape index (κ2) is 4.83. The zero-order valence-corrected chi connectivity index (χ0v) is 12.6. The molecule has 116 valence electrons. The summed E-state index contributed by atoms with van der Waals surface area (Å²) in [6.45, 7) is 0.823. The van der Waals surface area contributed by atoms with Crippen LogP contribution < -0.4 is 4.90 Å². The van der Waals surface area contributed by atoms with E-state index in [1.165, 1.54) is 18.4 Å². The number of carboxylic acids is 1. The molecule has 0 bridgehead atoms. The molecule has 22 heavy (non-hydrogen) atoms. The summed E-state index contributed by atoms with van der Waals surface area (Å²) in [5.74, 6) is -0.767. The quantitative estimate of drug-likeness (QED) is 0.913. The molecular formula is C18H21NO3. The Hall–Kier alpha value is -1.84. The molecule has 2 aliphatic carbocycles. The number of carbonyl (C=O) groups excluding carboxylic acids is 1. The van der Waals surface area contributed by atoms with Gasteiger partial charge < -0.3 is 10.0 Å². The van der Waals surface area contributed by atoms with Crippen LogP contribution in [0, 0.1) is 11.8 Å². The SMILES string of the molecule is O=C(O)C1CCC(C(=O)N2CC3(CC3)c3ccccc32)CC1. The molecule has 3 aliphatic rings. The molecule has 4 rings (SSSR count). The van der Waals surface area contributed by atoms with E-state index in [0.29, 0.717) is 25.7 Å². The van der Waals surface area contributed by atoms with Gasteiger partial charge in [-0.05, 0) is 50.2 Å². The van der Waals surface area contributed by atoms with Crippen molar-refractivity contribution >= 4 is 17.6 Å². The Morgan fingerprint density at radius 1 is 1.05 bits per heavy atom. The Kier molecular flexibility index (Phi) is 3.03. The molecule has 0 radical (unpaired) electrons. The fourth-order valence-corrected chi connectivity index (χ4v) is 4.21. The van der Waals surface area contributed by atoms with Crippen LogP contribution in [-0.4, -0.2) is 23.5 Å². The first-order valence-electron chi connectivity index (χ1n) is 8.24. The average molecular weight is 299 g/mol. The summed E-state index contributed by atoms with van der Waals surface area (Å²) in [5.41, 5.74) is 2.65. The fourth-order valence-electron chi connectivity index (χ4n) is 4.21. The Morgan fingerprint density at radius 2 is 1.68 bits per heavy atom. The number of nitrogens with zero attached hydrogens (tertiary/aromatic N) is 1. The van der Waals surface area contributed by atoms with Crippen LogP contribution in [0.4, 0.5) is 5.69 Å². The molecule has 2 saturated carbocycles. The Labute approximate surface area is 130 Å². The van der Waals surface area contributed by atoms with Crippen LogP contribution in [0.3, 0.4) is 0 Å². The number of amides is 1. The zero-order chi connectivity index (χ0) is 15.3. The van der Waals surface area contributed by atoms with E-state index in [-0.39, 0.29) is 23.2 Å². The molecule has 0 saturated heterocycles. The number of aliphatic carboxylic acids is 1. The molecule has 0 atom stereocenters. The molecule has 1 aromatic carbocycles. The van der Waals surface area contributed by atoms with Gasteiger partial charge in [-0.2, -0.15) is 0 Å². The van der Waals surface area contributed by atoms with Crippen LogP contribution in [0.25, 0.3) is 0 Å². The minimum absolute atomic E-state index is 0.00226. The third-order valence-corrected chi connectivity index (χ3v) is 5.77. The highest BCUT2D eigenvalue weighted by Gasteiger charge is 2.53. The average Bonchev–Trinajstić information content (AvgIpc) is 3.25. The van der Waals surface area contributed by atoms with Gasteiger partial charge in [0.05, 0.1) is 5.92 Å². The van der Waals surface area contributed by atoms with Gasteiger partial charge in [-0.3, -0.25) is 9.59 Å². The van der Waals surface area contributed by atoms with Crippen molar-refractivity contribution in [2.24, 2.45) is 11.8 Å². The summed E-state index contributed by atoms with van der Waals surface area (Å²) in [6, 6.07) is 8.28. The first-order chi connectivity index (χ1) is 10.6. The molecule has 1 N–H and O–H groups in total. The van der Waals surface area contributed by atoms with Crippen molar-refractivity contribution in [1.82, 2.24) is 0 Å². The van der Waals surface area contributed by atoms with Crippen molar-refractivity contribution in [2.45, 2.75) is 43.9 Å². The van der Waals surface area contributed by atoms with Gasteiger partial charge in [0.25, 0.3) is 0 Å². The molecule has 1 amide bonds. The van der Waals surface area contributed by atoms with E-state index in [2.05, 4.69) is 18.2 Å². The first kappa shape index (κ1) is 13.8. The van der Waals surface area contributed by atoms with Gasteiger partial charge in [-0.25, -0.2) is 0 Å². The van der Waals surface area contributed by atoms with Gasteiger partial charge in [-0.15, -0.1) is 0 Å². The first-order valence-corrected chi connectivity index (χ1v) is 8.24. The van der Waals surface area contributed by atoms with Crippen molar-refractivity contribution < 1.29 is 14.7 Å². The second-order valence-electron chi connectivity index (χ2n) is 7.11. The number of hydrogen-bond acceptors (Lipinski definition) is 2. The highest BCUT2D eigenvalue weighted by atomic mass is 16.4. The summed E-state index contributed by atoms with van der Waals surface area (Å²) < 4.78 is 0. The summed E-state index contributed by atoms with van der Waals surface area (Å²) >= 11 is 0. The molecule has 1 heterocycles. The van der Waals surface area contributed by atoms with E-state index < -0.39 is 5.97 Å². The number of anilines is 1. The number of rotatable bonds is 2. The predicted molar refractivity (Wildman–Crippen MR) is 82.8 cm³/mol. The monoisotopic (exact) mass is 299 g/mol. The molecular weight excluding hydrogens is 278 g/mol. The lowest BCUT2D eigenvalue weighted by molar-refractivity contribution is -0.144. The Morgan fingerprint density at radius 3 is 2.32 bits per heavy atom. The maximum atomic E-state index is 12.9. The standard InChI is InChI=1S/C18H21NO3/c20-16(12-5-7-13(8-6-12)17(21)22)19-11-18(9-10-18)14-3-1-2-4-15(14)19/h1-4,12-13H,5-11H2,(H,21,22). The lowest BCUT2D eigenvalue weighted by Crippen LogP contribution is -2.38. The molecule has 1 aliphatic heterocycles. The highest BCUT2D eigenvalue weighted by Crippen LogP contribution is 2.56. The van der Waals surface area contributed by atoms with E-state index in [1.54, 1.807) is 0 Å². The maximum absolute atomic E-state index is 12.9. The molecule has 0 unspecified atom stereocenters. The second-order valence-corrected chi connectivity index (χ2v) is 7.11. The summed E-state index contributed by atoms with van der Waals surface area (Å²) in [4.78, 5) is 26.0. The molecule has 1 spiro atoms. The highest BCUT2D eigenvalue weighted by molar-refractivity contribution is 5.98. The third kappa shape index (κ3) is 2.04. The van der Waals surface area contributed by atoms with E-state index in [4.69, 9.17) is 5.11 Å². The van der Waals surface area contributed by atoms with Crippen molar-refractivity contribution in [1.29, 1.82) is 0 Å². The third-order valence-electron chi connectivity index (χ3n) is 5.77. The van der Waals surface area contributed by atoms with Gasteiger partial charge in [0.2, 0.25) is 5.91 Å². The van der Waals surface area contributed by atoms with Crippen LogP contribution in [0.15, 0.2) is 24.3 Å². The number of para-hydroxylation sites is 1. The number of benzene rings is 1. The van der Waals surface area contributed by atoms with Crippen LogP contribution >= 0.6 is 0 Å². The summed E-state index contributed by atoms with van der Waals surface area (Å²) in [6.07, 6.45) is 5.04. The van der Waals surface area contributed by atoms with Gasteiger partial charge >= 0.3 is 5.97 Å². The maximum Gasteiger partial charge on any atom is 0.306 e. The topological polar surface area (TPSA) is 57.6 Å². The van der Waals surface area contributed by atoms with Crippen molar-refractivity contribution in [3.8, 4) is 0 Å². The van der Waals surface area contributed by atoms with Crippen LogP contribution in [0.1, 0.15) is 44.1 Å². The number of carbonyl (C=O) groups is 2. The van der Waals surface area contributed by atoms with E-state index >= 15 is 0 Å². The summed E-state index contributed by atoms with van der Waals surface area (Å²) in [7, 11) is 0. The zero-order valence-electron chi connectivity index (χ0n) is 12.6. The number of hydrogen-bond donors (Lipinski definition) is 1. The number of fused-ring (bicyclic) bond motifs is 2. The van der Waals surface area contributed by atoms with Crippen molar-refractivity contribution in [2.75, 3.05) is 11.4 Å². The van der Waals surface area contributed by atoms with Crippen molar-refractivity contribution in [3.63, 3.8) is 0 Å². The van der Waals surface area contributed by atoms with E-state index in [9.17, 15) is 9.59 Å². The van der Waals surface area contributed by atoms with Crippen LogP contribution in [0.2, 0.25) is 0 Å². The van der Waals surface area contributed by atoms with E-state index in [1.807, 2.05) is 11.0 Å². The molecule has 1 aromatic rings. The minimum Gasteiger partial charge on any atom is -0.481 e. The fraction of sp³-hybridized carbons (Fsp3) is 0.556. The Balaban J connectivity index is 1.52. The predicted octanol–water partition coefficient (Wildman–Crippen LogP) is 2.96. The minimum atomic E-state index is -0.714. The van der Waals surface area contributed by atoms with Gasteiger partial charge in [0.15, 0.2) is 0 Å². The molecule has 0 aromatic heterocycles. The Bertz CT molecular complexity index is 627. The van der Waals surface area contributed by atoms with E-state index in [0.717, 1.165) is 12.2 Å². The van der Waals surface area contributed by atoms with Gasteiger partial charge in [-0.1, -0.05) is 18.2 Å². The van der Waals surface area contributed by atoms with Gasteiger partial charge in [0, 0.05) is 23.6 Å².